The minimum atomic E-state index is -0.362. The molecule has 0 fully saturated rings. The van der Waals surface area contributed by atoms with Gasteiger partial charge in [-0.15, -0.1) is 0 Å². The van der Waals surface area contributed by atoms with E-state index in [0.29, 0.717) is 16.5 Å². The van der Waals surface area contributed by atoms with Crippen LogP contribution in [0.5, 0.6) is 5.75 Å². The van der Waals surface area contributed by atoms with E-state index in [1.165, 1.54) is 0 Å². The van der Waals surface area contributed by atoms with Crippen molar-refractivity contribution in [2.75, 3.05) is 12.4 Å². The first kappa shape index (κ1) is 15.4. The molecule has 3 rings (SSSR count). The van der Waals surface area contributed by atoms with E-state index < -0.39 is 0 Å². The number of hydrogen-bond donors (Lipinski definition) is 1. The lowest BCUT2D eigenvalue weighted by molar-refractivity contribution is -0.118. The Bertz CT molecular complexity index is 857. The van der Waals surface area contributed by atoms with Crippen molar-refractivity contribution in [2.45, 2.75) is 13.0 Å². The van der Waals surface area contributed by atoms with Crippen LogP contribution in [0, 0.1) is 0 Å². The fraction of sp³-hybridized carbons (Fsp3) is 0.167. The smallest absolute Gasteiger partial charge is 0.247 e. The summed E-state index contributed by atoms with van der Waals surface area (Å²) in [5.41, 5.74) is 1.63. The number of halogens is 1. The standard InChI is InChI=1S/C18H17ClN2O2/c1-12(18(22)20-15-5-3-4-6-17(15)23-2)21-10-9-13-11-14(19)7-8-16(13)21/h3-12H,1-2H3,(H,20,22). The van der Waals surface area contributed by atoms with Crippen molar-refractivity contribution in [3.05, 3.63) is 59.8 Å². The first-order chi connectivity index (χ1) is 11.1. The zero-order valence-electron chi connectivity index (χ0n) is 12.9. The van der Waals surface area contributed by atoms with Crippen molar-refractivity contribution in [3.8, 4) is 5.75 Å². The van der Waals surface area contributed by atoms with Gasteiger partial charge in [-0.25, -0.2) is 0 Å². The predicted molar refractivity (Wildman–Crippen MR) is 93.3 cm³/mol. The van der Waals surface area contributed by atoms with Gasteiger partial charge in [0.2, 0.25) is 5.91 Å². The molecular weight excluding hydrogens is 312 g/mol. The van der Waals surface area contributed by atoms with Crippen LogP contribution in [0.15, 0.2) is 54.7 Å². The molecule has 0 aliphatic rings. The van der Waals surface area contributed by atoms with E-state index in [1.54, 1.807) is 7.11 Å². The molecule has 1 atom stereocenters. The fourth-order valence-corrected chi connectivity index (χ4v) is 2.76. The number of nitrogens with zero attached hydrogens (tertiary/aromatic N) is 1. The quantitative estimate of drug-likeness (QED) is 0.766. The normalized spacial score (nSPS) is 12.1. The molecule has 1 amide bonds. The van der Waals surface area contributed by atoms with Crippen LogP contribution in [0.1, 0.15) is 13.0 Å². The molecule has 0 aliphatic heterocycles. The summed E-state index contributed by atoms with van der Waals surface area (Å²) in [6.45, 7) is 1.86. The van der Waals surface area contributed by atoms with Gasteiger partial charge in [0.1, 0.15) is 11.8 Å². The van der Waals surface area contributed by atoms with Gasteiger partial charge in [-0.05, 0) is 43.3 Å². The molecule has 0 bridgehead atoms. The van der Waals surface area contributed by atoms with Crippen LogP contribution >= 0.6 is 11.6 Å². The molecule has 0 radical (unpaired) electrons. The van der Waals surface area contributed by atoms with Gasteiger partial charge in [0.25, 0.3) is 0 Å². The molecule has 1 heterocycles. The van der Waals surface area contributed by atoms with Crippen LogP contribution < -0.4 is 10.1 Å². The van der Waals surface area contributed by atoms with Gasteiger partial charge in [0.15, 0.2) is 0 Å². The maximum atomic E-state index is 12.6. The zero-order valence-corrected chi connectivity index (χ0v) is 13.7. The SMILES string of the molecule is COc1ccccc1NC(=O)C(C)n1ccc2cc(Cl)ccc21. The highest BCUT2D eigenvalue weighted by Gasteiger charge is 2.18. The topological polar surface area (TPSA) is 43.3 Å². The molecule has 2 aromatic carbocycles. The molecule has 1 unspecified atom stereocenters. The Hall–Kier alpha value is -2.46. The summed E-state index contributed by atoms with van der Waals surface area (Å²) >= 11 is 6.01. The van der Waals surface area contributed by atoms with Crippen LogP contribution in [0.2, 0.25) is 5.02 Å². The van der Waals surface area contributed by atoms with E-state index in [4.69, 9.17) is 16.3 Å². The minimum Gasteiger partial charge on any atom is -0.495 e. The molecule has 0 saturated carbocycles. The fourth-order valence-electron chi connectivity index (χ4n) is 2.58. The molecule has 5 heteroatoms. The van der Waals surface area contributed by atoms with E-state index in [0.717, 1.165) is 10.9 Å². The number of para-hydroxylation sites is 2. The van der Waals surface area contributed by atoms with E-state index in [9.17, 15) is 4.79 Å². The highest BCUT2D eigenvalue weighted by Crippen LogP contribution is 2.26. The number of rotatable bonds is 4. The number of nitrogens with one attached hydrogen (secondary N) is 1. The van der Waals surface area contributed by atoms with E-state index in [2.05, 4.69) is 5.32 Å². The number of ether oxygens (including phenoxy) is 1. The van der Waals surface area contributed by atoms with Crippen molar-refractivity contribution >= 4 is 34.1 Å². The van der Waals surface area contributed by atoms with E-state index in [1.807, 2.05) is 66.2 Å². The second-order valence-corrected chi connectivity index (χ2v) is 5.73. The van der Waals surface area contributed by atoms with Gasteiger partial charge >= 0.3 is 0 Å². The highest BCUT2D eigenvalue weighted by atomic mass is 35.5. The van der Waals surface area contributed by atoms with Crippen LogP contribution in [-0.2, 0) is 4.79 Å². The maximum absolute atomic E-state index is 12.6. The third-order valence-corrected chi connectivity index (χ3v) is 4.08. The minimum absolute atomic E-state index is 0.109. The van der Waals surface area contributed by atoms with Crippen LogP contribution in [-0.4, -0.2) is 17.6 Å². The lowest BCUT2D eigenvalue weighted by Gasteiger charge is -2.16. The number of carbonyl (C=O) groups excluding carboxylic acids is 1. The molecule has 3 aromatic rings. The average Bonchev–Trinajstić information content (AvgIpc) is 2.97. The Morgan fingerprint density at radius 2 is 2.00 bits per heavy atom. The monoisotopic (exact) mass is 328 g/mol. The van der Waals surface area contributed by atoms with Crippen molar-refractivity contribution < 1.29 is 9.53 Å². The van der Waals surface area contributed by atoms with Crippen LogP contribution in [0.4, 0.5) is 5.69 Å². The maximum Gasteiger partial charge on any atom is 0.247 e. The number of fused-ring (bicyclic) bond motifs is 1. The van der Waals surface area contributed by atoms with Gasteiger partial charge in [-0.2, -0.15) is 0 Å². The molecular formula is C18H17ClN2O2. The predicted octanol–water partition coefficient (Wildman–Crippen LogP) is 4.50. The molecule has 0 saturated heterocycles. The largest absolute Gasteiger partial charge is 0.495 e. The average molecular weight is 329 g/mol. The van der Waals surface area contributed by atoms with Gasteiger partial charge in [0.05, 0.1) is 12.8 Å². The third kappa shape index (κ3) is 3.03. The number of hydrogen-bond acceptors (Lipinski definition) is 2. The number of benzene rings is 2. The number of aromatic nitrogens is 1. The first-order valence-corrected chi connectivity index (χ1v) is 7.68. The number of anilines is 1. The Morgan fingerprint density at radius 3 is 2.78 bits per heavy atom. The molecule has 1 N–H and O–H groups in total. The summed E-state index contributed by atoms with van der Waals surface area (Å²) in [6, 6.07) is 14.6. The summed E-state index contributed by atoms with van der Waals surface area (Å²) in [5, 5.41) is 4.61. The third-order valence-electron chi connectivity index (χ3n) is 3.84. The first-order valence-electron chi connectivity index (χ1n) is 7.30. The Balaban J connectivity index is 1.86. The Kier molecular flexibility index (Phi) is 4.26. The summed E-state index contributed by atoms with van der Waals surface area (Å²) in [5.74, 6) is 0.527. The van der Waals surface area contributed by atoms with Crippen molar-refractivity contribution in [1.82, 2.24) is 4.57 Å². The lowest BCUT2D eigenvalue weighted by atomic mass is 10.2. The van der Waals surface area contributed by atoms with Crippen molar-refractivity contribution in [3.63, 3.8) is 0 Å². The highest BCUT2D eigenvalue weighted by molar-refractivity contribution is 6.31. The molecule has 4 nitrogen and oxygen atoms in total. The van der Waals surface area contributed by atoms with Crippen LogP contribution in [0.3, 0.4) is 0 Å². The molecule has 0 spiro atoms. The number of carbonyl (C=O) groups is 1. The van der Waals surface area contributed by atoms with Gasteiger partial charge in [0, 0.05) is 22.1 Å². The molecule has 0 aliphatic carbocycles. The van der Waals surface area contributed by atoms with Crippen molar-refractivity contribution in [2.24, 2.45) is 0 Å². The second-order valence-electron chi connectivity index (χ2n) is 5.29. The number of amides is 1. The second kappa shape index (κ2) is 6.34. The Labute approximate surface area is 139 Å². The summed E-state index contributed by atoms with van der Waals surface area (Å²) in [7, 11) is 1.58. The molecule has 23 heavy (non-hydrogen) atoms. The molecule has 1 aromatic heterocycles. The van der Waals surface area contributed by atoms with Gasteiger partial charge < -0.3 is 14.6 Å². The lowest BCUT2D eigenvalue weighted by Crippen LogP contribution is -2.23. The zero-order chi connectivity index (χ0) is 16.4. The Morgan fingerprint density at radius 1 is 1.22 bits per heavy atom. The summed E-state index contributed by atoms with van der Waals surface area (Å²) in [6.07, 6.45) is 1.90. The van der Waals surface area contributed by atoms with Gasteiger partial charge in [-0.1, -0.05) is 23.7 Å². The van der Waals surface area contributed by atoms with Gasteiger partial charge in [-0.3, -0.25) is 4.79 Å². The van der Waals surface area contributed by atoms with E-state index >= 15 is 0 Å². The van der Waals surface area contributed by atoms with Crippen LogP contribution in [0.25, 0.3) is 10.9 Å². The van der Waals surface area contributed by atoms with E-state index in [-0.39, 0.29) is 11.9 Å². The summed E-state index contributed by atoms with van der Waals surface area (Å²) in [4.78, 5) is 12.6. The number of methoxy groups -OCH3 is 1. The molecule has 118 valence electrons. The van der Waals surface area contributed by atoms with Crippen molar-refractivity contribution in [1.29, 1.82) is 0 Å². The summed E-state index contributed by atoms with van der Waals surface area (Å²) < 4.78 is 7.19.